The van der Waals surface area contributed by atoms with Crippen LogP contribution in [0.5, 0.6) is 5.75 Å². The van der Waals surface area contributed by atoms with Gasteiger partial charge in [-0.2, -0.15) is 0 Å². The maximum atomic E-state index is 11.0. The van der Waals surface area contributed by atoms with Crippen LogP contribution in [0.3, 0.4) is 0 Å². The van der Waals surface area contributed by atoms with Crippen LogP contribution in [-0.4, -0.2) is 19.6 Å². The molecule has 0 fully saturated rings. The number of urea groups is 1. The van der Waals surface area contributed by atoms with Gasteiger partial charge < -0.3 is 10.1 Å². The van der Waals surface area contributed by atoms with Crippen molar-refractivity contribution in [2.75, 3.05) is 12.4 Å². The first-order valence-corrected chi connectivity index (χ1v) is 3.92. The van der Waals surface area contributed by atoms with Crippen molar-refractivity contribution in [3.05, 3.63) is 24.3 Å². The minimum atomic E-state index is -0.593. The van der Waals surface area contributed by atoms with Crippen molar-refractivity contribution in [3.63, 3.8) is 0 Å². The van der Waals surface area contributed by atoms with Crippen LogP contribution in [0.25, 0.3) is 0 Å². The molecular weight excluding hydrogens is 184 g/mol. The number of carbonyl (C=O) groups excluding carboxylic acids is 2. The molecule has 0 bridgehead atoms. The predicted molar refractivity (Wildman–Crippen MR) is 51.2 cm³/mol. The lowest BCUT2D eigenvalue weighted by Gasteiger charge is -2.08. The highest BCUT2D eigenvalue weighted by Gasteiger charge is 2.04. The van der Waals surface area contributed by atoms with Gasteiger partial charge in [0.1, 0.15) is 5.75 Å². The molecule has 14 heavy (non-hydrogen) atoms. The summed E-state index contributed by atoms with van der Waals surface area (Å²) in [7, 11) is 1.50. The standard InChI is InChI=1S/C9H10N2O3/c1-14-8-5-3-2-4-7(8)11-9(13)10-6-12/h2-6H,1H3,(H2,10,11,12,13). The van der Waals surface area contributed by atoms with Gasteiger partial charge in [-0.25, -0.2) is 4.79 Å². The van der Waals surface area contributed by atoms with Crippen LogP contribution in [0.2, 0.25) is 0 Å². The molecule has 0 aromatic heterocycles. The summed E-state index contributed by atoms with van der Waals surface area (Å²) in [6.45, 7) is 0. The number of anilines is 1. The number of methoxy groups -OCH3 is 1. The van der Waals surface area contributed by atoms with Crippen molar-refractivity contribution in [1.29, 1.82) is 0 Å². The molecule has 0 heterocycles. The fourth-order valence-electron chi connectivity index (χ4n) is 0.960. The molecule has 0 radical (unpaired) electrons. The zero-order valence-corrected chi connectivity index (χ0v) is 7.61. The molecule has 0 spiro atoms. The van der Waals surface area contributed by atoms with Gasteiger partial charge in [-0.3, -0.25) is 10.1 Å². The molecule has 0 unspecified atom stereocenters. The second-order valence-corrected chi connectivity index (χ2v) is 2.42. The summed E-state index contributed by atoms with van der Waals surface area (Å²) in [5.74, 6) is 0.536. The average Bonchev–Trinajstić information content (AvgIpc) is 2.19. The van der Waals surface area contributed by atoms with Crippen molar-refractivity contribution in [1.82, 2.24) is 5.32 Å². The van der Waals surface area contributed by atoms with Crippen molar-refractivity contribution in [2.45, 2.75) is 0 Å². The SMILES string of the molecule is COc1ccccc1NC(=O)NC=O. The van der Waals surface area contributed by atoms with E-state index in [2.05, 4.69) is 5.32 Å². The number of imide groups is 1. The van der Waals surface area contributed by atoms with Crippen LogP contribution in [-0.2, 0) is 4.79 Å². The summed E-state index contributed by atoms with van der Waals surface area (Å²) >= 11 is 0. The maximum absolute atomic E-state index is 11.0. The Bertz CT molecular complexity index is 339. The van der Waals surface area contributed by atoms with Crippen LogP contribution < -0.4 is 15.4 Å². The van der Waals surface area contributed by atoms with E-state index in [9.17, 15) is 9.59 Å². The molecule has 3 amide bonds. The molecule has 1 aromatic carbocycles. The van der Waals surface area contributed by atoms with Crippen molar-refractivity contribution in [3.8, 4) is 5.75 Å². The van der Waals surface area contributed by atoms with Gasteiger partial charge in [-0.1, -0.05) is 12.1 Å². The van der Waals surface area contributed by atoms with E-state index in [1.54, 1.807) is 24.3 Å². The van der Waals surface area contributed by atoms with E-state index in [4.69, 9.17) is 4.74 Å². The van der Waals surface area contributed by atoms with E-state index in [-0.39, 0.29) is 0 Å². The number of para-hydroxylation sites is 2. The smallest absolute Gasteiger partial charge is 0.325 e. The molecule has 1 rings (SSSR count). The Balaban J connectivity index is 2.74. The molecule has 0 aliphatic heterocycles. The van der Waals surface area contributed by atoms with Crippen molar-refractivity contribution < 1.29 is 14.3 Å². The molecule has 74 valence electrons. The second kappa shape index (κ2) is 4.86. The van der Waals surface area contributed by atoms with Crippen molar-refractivity contribution >= 4 is 18.1 Å². The van der Waals surface area contributed by atoms with Gasteiger partial charge in [0, 0.05) is 0 Å². The third kappa shape index (κ3) is 2.48. The normalized spacial score (nSPS) is 8.93. The van der Waals surface area contributed by atoms with Gasteiger partial charge in [-0.15, -0.1) is 0 Å². The van der Waals surface area contributed by atoms with E-state index in [1.807, 2.05) is 5.32 Å². The number of ether oxygens (including phenoxy) is 1. The van der Waals surface area contributed by atoms with E-state index >= 15 is 0 Å². The fourth-order valence-corrected chi connectivity index (χ4v) is 0.960. The van der Waals surface area contributed by atoms with Crippen LogP contribution in [0, 0.1) is 0 Å². The summed E-state index contributed by atoms with van der Waals surface area (Å²) in [6, 6.07) is 6.31. The third-order valence-electron chi connectivity index (χ3n) is 1.55. The third-order valence-corrected chi connectivity index (χ3v) is 1.55. The molecule has 0 saturated carbocycles. The quantitative estimate of drug-likeness (QED) is 0.704. The van der Waals surface area contributed by atoms with E-state index in [0.29, 0.717) is 17.8 Å². The minimum Gasteiger partial charge on any atom is -0.495 e. The van der Waals surface area contributed by atoms with Crippen LogP contribution >= 0.6 is 0 Å². The second-order valence-electron chi connectivity index (χ2n) is 2.42. The number of rotatable bonds is 3. The lowest BCUT2D eigenvalue weighted by atomic mass is 10.3. The number of hydrogen-bond acceptors (Lipinski definition) is 3. The summed E-state index contributed by atoms with van der Waals surface area (Å²) in [5.41, 5.74) is 0.509. The van der Waals surface area contributed by atoms with E-state index in [0.717, 1.165) is 0 Å². The van der Waals surface area contributed by atoms with E-state index < -0.39 is 6.03 Å². The van der Waals surface area contributed by atoms with Gasteiger partial charge in [0.15, 0.2) is 0 Å². The molecule has 5 heteroatoms. The number of amides is 3. The molecule has 1 aromatic rings. The Labute approximate surface area is 81.1 Å². The highest BCUT2D eigenvalue weighted by atomic mass is 16.5. The Kier molecular flexibility index (Phi) is 3.49. The van der Waals surface area contributed by atoms with Gasteiger partial charge in [-0.05, 0) is 12.1 Å². The monoisotopic (exact) mass is 194 g/mol. The predicted octanol–water partition coefficient (Wildman–Crippen LogP) is 0.973. The minimum absolute atomic E-state index is 0.310. The highest BCUT2D eigenvalue weighted by Crippen LogP contribution is 2.22. The molecule has 0 aliphatic rings. The van der Waals surface area contributed by atoms with Gasteiger partial charge in [0.25, 0.3) is 0 Å². The lowest BCUT2D eigenvalue weighted by molar-refractivity contribution is -0.108. The van der Waals surface area contributed by atoms with Gasteiger partial charge in [0.05, 0.1) is 12.8 Å². The van der Waals surface area contributed by atoms with Crippen LogP contribution in [0.1, 0.15) is 0 Å². The largest absolute Gasteiger partial charge is 0.495 e. The number of nitrogens with one attached hydrogen (secondary N) is 2. The Hall–Kier alpha value is -2.04. The topological polar surface area (TPSA) is 67.4 Å². The van der Waals surface area contributed by atoms with E-state index in [1.165, 1.54) is 7.11 Å². The molecular formula is C9H10N2O3. The Morgan fingerprint density at radius 1 is 1.43 bits per heavy atom. The molecule has 2 N–H and O–H groups in total. The Morgan fingerprint density at radius 3 is 2.79 bits per heavy atom. The highest BCUT2D eigenvalue weighted by molar-refractivity contribution is 5.96. The average molecular weight is 194 g/mol. The first-order chi connectivity index (χ1) is 6.77. The number of hydrogen-bond donors (Lipinski definition) is 2. The lowest BCUT2D eigenvalue weighted by Crippen LogP contribution is -2.27. The summed E-state index contributed by atoms with van der Waals surface area (Å²) in [6.07, 6.45) is 0.310. The fraction of sp³-hybridized carbons (Fsp3) is 0.111. The van der Waals surface area contributed by atoms with Crippen molar-refractivity contribution in [2.24, 2.45) is 0 Å². The number of benzene rings is 1. The zero-order chi connectivity index (χ0) is 10.4. The molecule has 5 nitrogen and oxygen atoms in total. The zero-order valence-electron chi connectivity index (χ0n) is 7.61. The first-order valence-electron chi connectivity index (χ1n) is 3.92. The van der Waals surface area contributed by atoms with Gasteiger partial charge in [0.2, 0.25) is 6.41 Å². The molecule has 0 atom stereocenters. The molecule has 0 saturated heterocycles. The first kappa shape index (κ1) is 10.0. The van der Waals surface area contributed by atoms with Gasteiger partial charge >= 0.3 is 6.03 Å². The summed E-state index contributed by atoms with van der Waals surface area (Å²) in [5, 5.41) is 4.42. The summed E-state index contributed by atoms with van der Waals surface area (Å²) in [4.78, 5) is 20.9. The Morgan fingerprint density at radius 2 is 2.14 bits per heavy atom. The molecule has 0 aliphatic carbocycles. The number of carbonyl (C=O) groups is 2. The van der Waals surface area contributed by atoms with Crippen LogP contribution in [0.4, 0.5) is 10.5 Å². The maximum Gasteiger partial charge on any atom is 0.325 e. The van der Waals surface area contributed by atoms with Crippen LogP contribution in [0.15, 0.2) is 24.3 Å². The summed E-state index contributed by atoms with van der Waals surface area (Å²) < 4.78 is 4.99.